The first-order valence-corrected chi connectivity index (χ1v) is 7.07. The molecule has 0 bridgehead atoms. The van der Waals surface area contributed by atoms with E-state index in [9.17, 15) is 9.18 Å². The molecule has 1 aliphatic rings. The summed E-state index contributed by atoms with van der Waals surface area (Å²) >= 11 is 0. The highest BCUT2D eigenvalue weighted by atomic mass is 19.1. The Morgan fingerprint density at radius 1 is 1.10 bits per heavy atom. The van der Waals surface area contributed by atoms with Crippen molar-refractivity contribution in [2.24, 2.45) is 0 Å². The molecular formula is C17H17FN2O. The number of nitrogens with zero attached hydrogens (tertiary/aromatic N) is 1. The number of benzene rings is 2. The third kappa shape index (κ3) is 2.54. The smallest absolute Gasteiger partial charge is 0.245 e. The molecule has 21 heavy (non-hydrogen) atoms. The van der Waals surface area contributed by atoms with Crippen LogP contribution in [0.2, 0.25) is 0 Å². The van der Waals surface area contributed by atoms with Crippen LogP contribution in [0, 0.1) is 5.82 Å². The molecule has 1 fully saturated rings. The van der Waals surface area contributed by atoms with Crippen molar-refractivity contribution in [1.29, 1.82) is 0 Å². The number of hydrogen-bond donors (Lipinski definition) is 1. The van der Waals surface area contributed by atoms with E-state index in [0.29, 0.717) is 6.54 Å². The first-order chi connectivity index (χ1) is 10.2. The molecule has 3 rings (SSSR count). The second kappa shape index (κ2) is 5.66. The molecule has 2 aromatic rings. The van der Waals surface area contributed by atoms with Gasteiger partial charge in [0.1, 0.15) is 18.0 Å². The lowest BCUT2D eigenvalue weighted by atomic mass is 10.1. The summed E-state index contributed by atoms with van der Waals surface area (Å²) in [5.74, 6) is -0.265. The van der Waals surface area contributed by atoms with E-state index in [4.69, 9.17) is 0 Å². The first-order valence-electron chi connectivity index (χ1n) is 7.07. The van der Waals surface area contributed by atoms with Crippen LogP contribution in [0.4, 0.5) is 4.39 Å². The summed E-state index contributed by atoms with van der Waals surface area (Å²) in [6.07, 6.45) is -0.289. The highest BCUT2D eigenvalue weighted by molar-refractivity contribution is 5.85. The molecule has 0 aliphatic carbocycles. The van der Waals surface area contributed by atoms with Crippen LogP contribution in [0.5, 0.6) is 0 Å². The van der Waals surface area contributed by atoms with Gasteiger partial charge >= 0.3 is 0 Å². The number of likely N-dealkylation sites (N-methyl/N-ethyl adjacent to an activating group) is 1. The van der Waals surface area contributed by atoms with Crippen LogP contribution in [-0.4, -0.2) is 17.4 Å². The minimum Gasteiger partial charge on any atom is -0.322 e. The molecule has 1 saturated heterocycles. The van der Waals surface area contributed by atoms with E-state index >= 15 is 0 Å². The third-order valence-electron chi connectivity index (χ3n) is 3.80. The predicted octanol–water partition coefficient (Wildman–Crippen LogP) is 3.02. The van der Waals surface area contributed by atoms with Crippen LogP contribution in [0.25, 0.3) is 0 Å². The zero-order valence-electron chi connectivity index (χ0n) is 11.8. The quantitative estimate of drug-likeness (QED) is 0.939. The molecule has 2 unspecified atom stereocenters. The molecular weight excluding hydrogens is 267 g/mol. The van der Waals surface area contributed by atoms with Crippen LogP contribution in [0.3, 0.4) is 0 Å². The molecule has 108 valence electrons. The van der Waals surface area contributed by atoms with Gasteiger partial charge in [-0.25, -0.2) is 4.39 Å². The fourth-order valence-electron chi connectivity index (χ4n) is 2.79. The topological polar surface area (TPSA) is 32.3 Å². The Morgan fingerprint density at radius 3 is 2.48 bits per heavy atom. The standard InChI is InChI=1S/C17H17FN2O/c1-2-20-16(13-9-6-10-14(18)11-13)19-15(17(20)21)12-7-4-3-5-8-12/h3-11,15-16,19H,2H2,1H3. The van der Waals surface area contributed by atoms with Gasteiger partial charge in [-0.15, -0.1) is 0 Å². The predicted molar refractivity (Wildman–Crippen MR) is 78.8 cm³/mol. The Kier molecular flexibility index (Phi) is 3.71. The summed E-state index contributed by atoms with van der Waals surface area (Å²) in [7, 11) is 0. The number of carbonyl (C=O) groups is 1. The normalized spacial score (nSPS) is 21.8. The van der Waals surface area contributed by atoms with E-state index in [1.165, 1.54) is 12.1 Å². The van der Waals surface area contributed by atoms with E-state index in [0.717, 1.165) is 11.1 Å². The fourth-order valence-corrected chi connectivity index (χ4v) is 2.79. The number of rotatable bonds is 3. The summed E-state index contributed by atoms with van der Waals surface area (Å²) in [5.41, 5.74) is 1.70. The monoisotopic (exact) mass is 284 g/mol. The number of halogens is 1. The number of amides is 1. The summed E-state index contributed by atoms with van der Waals surface area (Å²) in [6, 6.07) is 15.6. The Morgan fingerprint density at radius 2 is 1.81 bits per heavy atom. The van der Waals surface area contributed by atoms with Gasteiger partial charge in [-0.2, -0.15) is 0 Å². The van der Waals surface area contributed by atoms with Gasteiger partial charge in [-0.1, -0.05) is 42.5 Å². The maximum atomic E-state index is 13.4. The van der Waals surface area contributed by atoms with Crippen molar-refractivity contribution in [3.8, 4) is 0 Å². The summed E-state index contributed by atoms with van der Waals surface area (Å²) in [6.45, 7) is 2.51. The molecule has 3 nitrogen and oxygen atoms in total. The SMILES string of the molecule is CCN1C(=O)C(c2ccccc2)NC1c1cccc(F)c1. The lowest BCUT2D eigenvalue weighted by molar-refractivity contribution is -0.130. The van der Waals surface area contributed by atoms with Crippen LogP contribution in [-0.2, 0) is 4.79 Å². The van der Waals surface area contributed by atoms with Crippen molar-refractivity contribution < 1.29 is 9.18 Å². The minimum absolute atomic E-state index is 0.0259. The van der Waals surface area contributed by atoms with Crippen molar-refractivity contribution >= 4 is 5.91 Å². The highest BCUT2D eigenvalue weighted by Gasteiger charge is 2.39. The zero-order chi connectivity index (χ0) is 14.8. The van der Waals surface area contributed by atoms with E-state index in [1.54, 1.807) is 11.0 Å². The number of nitrogens with one attached hydrogen (secondary N) is 1. The van der Waals surface area contributed by atoms with Crippen molar-refractivity contribution in [3.05, 3.63) is 71.5 Å². The van der Waals surface area contributed by atoms with Crippen molar-refractivity contribution in [3.63, 3.8) is 0 Å². The Bertz CT molecular complexity index is 644. The van der Waals surface area contributed by atoms with Gasteiger partial charge < -0.3 is 4.90 Å². The lowest BCUT2D eigenvalue weighted by Crippen LogP contribution is -2.30. The summed E-state index contributed by atoms with van der Waals surface area (Å²) < 4.78 is 13.4. The molecule has 4 heteroatoms. The molecule has 0 saturated carbocycles. The Hall–Kier alpha value is -2.20. The van der Waals surface area contributed by atoms with Crippen molar-refractivity contribution in [1.82, 2.24) is 10.2 Å². The van der Waals surface area contributed by atoms with Gasteiger partial charge in [0, 0.05) is 6.54 Å². The maximum Gasteiger partial charge on any atom is 0.245 e. The second-order valence-corrected chi connectivity index (χ2v) is 5.09. The molecule has 2 aromatic carbocycles. The lowest BCUT2D eigenvalue weighted by Gasteiger charge is -2.22. The van der Waals surface area contributed by atoms with Crippen LogP contribution >= 0.6 is 0 Å². The van der Waals surface area contributed by atoms with Gasteiger partial charge in [0.15, 0.2) is 0 Å². The summed E-state index contributed by atoms with van der Waals surface area (Å²) in [5, 5.41) is 3.31. The fraction of sp³-hybridized carbons (Fsp3) is 0.235. The average Bonchev–Trinajstić information content (AvgIpc) is 2.85. The number of carbonyl (C=O) groups excluding carboxylic acids is 1. The first kappa shape index (κ1) is 13.8. The molecule has 0 aromatic heterocycles. The van der Waals surface area contributed by atoms with Crippen LogP contribution in [0.1, 0.15) is 30.3 Å². The Labute approximate surface area is 123 Å². The van der Waals surface area contributed by atoms with E-state index in [-0.39, 0.29) is 23.9 Å². The molecule has 0 spiro atoms. The van der Waals surface area contributed by atoms with Gasteiger partial charge in [0.05, 0.1) is 0 Å². The van der Waals surface area contributed by atoms with Gasteiger partial charge in [0.25, 0.3) is 0 Å². The average molecular weight is 284 g/mol. The largest absolute Gasteiger partial charge is 0.322 e. The second-order valence-electron chi connectivity index (χ2n) is 5.09. The molecule has 1 heterocycles. The molecule has 2 atom stereocenters. The molecule has 1 N–H and O–H groups in total. The van der Waals surface area contributed by atoms with Crippen molar-refractivity contribution in [2.45, 2.75) is 19.1 Å². The zero-order valence-corrected chi connectivity index (χ0v) is 11.8. The summed E-state index contributed by atoms with van der Waals surface area (Å²) in [4.78, 5) is 14.3. The van der Waals surface area contributed by atoms with Gasteiger partial charge in [0.2, 0.25) is 5.91 Å². The molecule has 0 radical (unpaired) electrons. The van der Waals surface area contributed by atoms with E-state index in [2.05, 4.69) is 5.32 Å². The Balaban J connectivity index is 1.94. The maximum absolute atomic E-state index is 13.4. The van der Waals surface area contributed by atoms with E-state index in [1.807, 2.05) is 43.3 Å². The highest BCUT2D eigenvalue weighted by Crippen LogP contribution is 2.32. The van der Waals surface area contributed by atoms with Gasteiger partial charge in [-0.05, 0) is 30.2 Å². The minimum atomic E-state index is -0.376. The molecule has 1 aliphatic heterocycles. The van der Waals surface area contributed by atoms with Crippen LogP contribution in [0.15, 0.2) is 54.6 Å². The molecule has 1 amide bonds. The van der Waals surface area contributed by atoms with Crippen LogP contribution < -0.4 is 5.32 Å². The number of hydrogen-bond acceptors (Lipinski definition) is 2. The van der Waals surface area contributed by atoms with Crippen molar-refractivity contribution in [2.75, 3.05) is 6.54 Å². The van der Waals surface area contributed by atoms with Gasteiger partial charge in [-0.3, -0.25) is 10.1 Å². The van der Waals surface area contributed by atoms with E-state index < -0.39 is 0 Å². The third-order valence-corrected chi connectivity index (χ3v) is 3.80.